The number of nitrogens with one attached hydrogen (secondary N) is 2. The van der Waals surface area contributed by atoms with Crippen LogP contribution in [0.15, 0.2) is 108 Å². The average molecular weight is 648 g/mol. The van der Waals surface area contributed by atoms with E-state index in [9.17, 15) is 22.4 Å². The predicted molar refractivity (Wildman–Crippen MR) is 175 cm³/mol. The topological polar surface area (TPSA) is 114 Å². The standard InChI is InChI=1S/C35H38FN3O6S/c1-3-4-22-37-35(41)33(23-26-8-6-5-7-9-26)39(24-27-10-16-30(44-2)17-11-27)34(40)25-45-31-18-20-32(21-19-31)46(42,43)38-29-14-12-28(36)13-15-29/h5-21,33,38H,3-4,22-25H2,1-2H3,(H,37,41). The average Bonchev–Trinajstić information content (AvgIpc) is 3.07. The molecular formula is C35H38FN3O6S. The van der Waals surface area contributed by atoms with Gasteiger partial charge in [0.1, 0.15) is 23.4 Å². The van der Waals surface area contributed by atoms with E-state index in [1.165, 1.54) is 41.3 Å². The number of carbonyl (C=O) groups excluding carboxylic acids is 2. The number of hydrogen-bond acceptors (Lipinski definition) is 6. The molecule has 0 saturated carbocycles. The minimum Gasteiger partial charge on any atom is -0.497 e. The van der Waals surface area contributed by atoms with E-state index >= 15 is 0 Å². The number of methoxy groups -OCH3 is 1. The van der Waals surface area contributed by atoms with E-state index < -0.39 is 27.8 Å². The molecule has 46 heavy (non-hydrogen) atoms. The van der Waals surface area contributed by atoms with Crippen LogP contribution in [-0.2, 0) is 32.6 Å². The van der Waals surface area contributed by atoms with Crippen molar-refractivity contribution in [1.82, 2.24) is 10.2 Å². The quantitative estimate of drug-likeness (QED) is 0.154. The summed E-state index contributed by atoms with van der Waals surface area (Å²) in [6, 6.07) is 26.5. The highest BCUT2D eigenvalue weighted by Gasteiger charge is 2.30. The van der Waals surface area contributed by atoms with E-state index in [4.69, 9.17) is 9.47 Å². The zero-order valence-electron chi connectivity index (χ0n) is 25.8. The smallest absolute Gasteiger partial charge is 0.261 e. The predicted octanol–water partition coefficient (Wildman–Crippen LogP) is 5.57. The van der Waals surface area contributed by atoms with Gasteiger partial charge in [-0.15, -0.1) is 0 Å². The van der Waals surface area contributed by atoms with Crippen LogP contribution in [0.3, 0.4) is 0 Å². The number of hydrogen-bond donors (Lipinski definition) is 2. The number of rotatable bonds is 16. The number of unbranched alkanes of at least 4 members (excludes halogenated alkanes) is 1. The first kappa shape index (κ1) is 34.0. The van der Waals surface area contributed by atoms with Crippen molar-refractivity contribution >= 4 is 27.5 Å². The first-order valence-electron chi connectivity index (χ1n) is 14.9. The van der Waals surface area contributed by atoms with E-state index in [2.05, 4.69) is 10.0 Å². The monoisotopic (exact) mass is 647 g/mol. The molecule has 0 aliphatic carbocycles. The van der Waals surface area contributed by atoms with Gasteiger partial charge in [-0.05, 0) is 78.2 Å². The fourth-order valence-electron chi connectivity index (χ4n) is 4.66. The van der Waals surface area contributed by atoms with Crippen molar-refractivity contribution in [2.75, 3.05) is 25.0 Å². The summed E-state index contributed by atoms with van der Waals surface area (Å²) >= 11 is 0. The van der Waals surface area contributed by atoms with Crippen LogP contribution < -0.4 is 19.5 Å². The number of carbonyl (C=O) groups is 2. The summed E-state index contributed by atoms with van der Waals surface area (Å²) in [5.74, 6) is -0.226. The maximum absolute atomic E-state index is 13.8. The number of nitrogens with zero attached hydrogens (tertiary/aromatic N) is 1. The van der Waals surface area contributed by atoms with Crippen LogP contribution in [0.25, 0.3) is 0 Å². The molecule has 0 saturated heterocycles. The van der Waals surface area contributed by atoms with E-state index in [0.29, 0.717) is 18.7 Å². The Labute approximate surface area is 269 Å². The van der Waals surface area contributed by atoms with Crippen molar-refractivity contribution in [1.29, 1.82) is 0 Å². The third-order valence-corrected chi connectivity index (χ3v) is 8.60. The van der Waals surface area contributed by atoms with Crippen molar-refractivity contribution in [3.05, 3.63) is 120 Å². The van der Waals surface area contributed by atoms with Gasteiger partial charge in [0.15, 0.2) is 6.61 Å². The Morgan fingerprint density at radius 3 is 2.13 bits per heavy atom. The SMILES string of the molecule is CCCCNC(=O)C(Cc1ccccc1)N(Cc1ccc(OC)cc1)C(=O)COc1ccc(S(=O)(=O)Nc2ccc(F)cc2)cc1. The largest absolute Gasteiger partial charge is 0.497 e. The number of anilines is 1. The zero-order valence-corrected chi connectivity index (χ0v) is 26.6. The molecule has 0 spiro atoms. The third kappa shape index (κ3) is 9.80. The lowest BCUT2D eigenvalue weighted by Gasteiger charge is -2.31. The lowest BCUT2D eigenvalue weighted by atomic mass is 10.0. The van der Waals surface area contributed by atoms with Gasteiger partial charge in [-0.3, -0.25) is 14.3 Å². The van der Waals surface area contributed by atoms with Crippen molar-refractivity contribution in [2.45, 2.75) is 43.7 Å². The highest BCUT2D eigenvalue weighted by atomic mass is 32.2. The van der Waals surface area contributed by atoms with E-state index in [-0.39, 0.29) is 35.4 Å². The normalized spacial score (nSPS) is 11.7. The summed E-state index contributed by atoms with van der Waals surface area (Å²) in [4.78, 5) is 28.9. The lowest BCUT2D eigenvalue weighted by molar-refractivity contribution is -0.142. The Hall–Kier alpha value is -4.90. The molecule has 1 atom stereocenters. The molecule has 2 N–H and O–H groups in total. The van der Waals surface area contributed by atoms with Gasteiger partial charge in [-0.2, -0.15) is 0 Å². The second-order valence-corrected chi connectivity index (χ2v) is 12.3. The number of halogens is 1. The molecule has 0 heterocycles. The number of benzene rings is 4. The van der Waals surface area contributed by atoms with Crippen LogP contribution in [0.2, 0.25) is 0 Å². The minimum absolute atomic E-state index is 0.0386. The maximum atomic E-state index is 13.8. The molecule has 0 bridgehead atoms. The van der Waals surface area contributed by atoms with Crippen LogP contribution in [0.4, 0.5) is 10.1 Å². The summed E-state index contributed by atoms with van der Waals surface area (Å²) in [7, 11) is -2.37. The highest BCUT2D eigenvalue weighted by Crippen LogP contribution is 2.21. The molecule has 1 unspecified atom stereocenters. The fraction of sp³-hybridized carbons (Fsp3) is 0.257. The fourth-order valence-corrected chi connectivity index (χ4v) is 5.72. The molecule has 242 valence electrons. The van der Waals surface area contributed by atoms with Crippen LogP contribution in [-0.4, -0.2) is 51.4 Å². The summed E-state index contributed by atoms with van der Waals surface area (Å²) < 4.78 is 52.3. The Bertz CT molecular complexity index is 1670. The summed E-state index contributed by atoms with van der Waals surface area (Å²) in [5, 5.41) is 2.98. The van der Waals surface area contributed by atoms with Crippen molar-refractivity contribution < 1.29 is 31.9 Å². The molecular weight excluding hydrogens is 609 g/mol. The Morgan fingerprint density at radius 1 is 0.848 bits per heavy atom. The van der Waals surface area contributed by atoms with E-state index in [1.807, 2.05) is 49.4 Å². The van der Waals surface area contributed by atoms with Crippen LogP contribution in [0, 0.1) is 5.82 Å². The molecule has 2 amide bonds. The first-order valence-corrected chi connectivity index (χ1v) is 16.4. The van der Waals surface area contributed by atoms with Crippen molar-refractivity contribution in [3.8, 4) is 11.5 Å². The van der Waals surface area contributed by atoms with Gasteiger partial charge in [0.2, 0.25) is 5.91 Å². The molecule has 0 aliphatic heterocycles. The molecule has 0 aromatic heterocycles. The van der Waals surface area contributed by atoms with Gasteiger partial charge in [-0.1, -0.05) is 55.8 Å². The maximum Gasteiger partial charge on any atom is 0.261 e. The Balaban J connectivity index is 1.53. The molecule has 11 heteroatoms. The van der Waals surface area contributed by atoms with Gasteiger partial charge < -0.3 is 19.7 Å². The van der Waals surface area contributed by atoms with Gasteiger partial charge in [0.05, 0.1) is 12.0 Å². The van der Waals surface area contributed by atoms with Crippen LogP contribution in [0.5, 0.6) is 11.5 Å². The second-order valence-electron chi connectivity index (χ2n) is 10.6. The molecule has 9 nitrogen and oxygen atoms in total. The Kier molecular flexibility index (Phi) is 12.1. The summed E-state index contributed by atoms with van der Waals surface area (Å²) in [6.45, 7) is 2.29. The molecule has 0 radical (unpaired) electrons. The molecule has 0 fully saturated rings. The minimum atomic E-state index is -3.94. The van der Waals surface area contributed by atoms with Gasteiger partial charge in [0.25, 0.3) is 15.9 Å². The second kappa shape index (κ2) is 16.4. The van der Waals surface area contributed by atoms with Gasteiger partial charge in [-0.25, -0.2) is 12.8 Å². The van der Waals surface area contributed by atoms with Crippen molar-refractivity contribution in [2.24, 2.45) is 0 Å². The van der Waals surface area contributed by atoms with Gasteiger partial charge in [0, 0.05) is 25.2 Å². The van der Waals surface area contributed by atoms with Crippen LogP contribution >= 0.6 is 0 Å². The Morgan fingerprint density at radius 2 is 1.50 bits per heavy atom. The molecule has 4 rings (SSSR count). The van der Waals surface area contributed by atoms with Crippen LogP contribution in [0.1, 0.15) is 30.9 Å². The zero-order chi connectivity index (χ0) is 32.9. The summed E-state index contributed by atoms with van der Waals surface area (Å²) in [6.07, 6.45) is 2.02. The highest BCUT2D eigenvalue weighted by molar-refractivity contribution is 7.92. The summed E-state index contributed by atoms with van der Waals surface area (Å²) in [5.41, 5.74) is 1.92. The third-order valence-electron chi connectivity index (χ3n) is 7.21. The first-order chi connectivity index (χ1) is 22.2. The number of sulfonamides is 1. The van der Waals surface area contributed by atoms with Gasteiger partial charge >= 0.3 is 0 Å². The van der Waals surface area contributed by atoms with E-state index in [0.717, 1.165) is 36.1 Å². The molecule has 4 aromatic rings. The molecule has 4 aromatic carbocycles. The van der Waals surface area contributed by atoms with Crippen molar-refractivity contribution in [3.63, 3.8) is 0 Å². The van der Waals surface area contributed by atoms with E-state index in [1.54, 1.807) is 19.2 Å². The number of ether oxygens (including phenoxy) is 2. The lowest BCUT2D eigenvalue weighted by Crippen LogP contribution is -2.51. The molecule has 0 aliphatic rings. The number of amides is 2.